The molecule has 20 heavy (non-hydrogen) atoms. The minimum absolute atomic E-state index is 0.113. The Hall–Kier alpha value is -1.58. The maximum absolute atomic E-state index is 7.83. The number of hydrogen-bond donors (Lipinski definition) is 2. The molecule has 4 heteroatoms. The van der Waals surface area contributed by atoms with Gasteiger partial charge in [0.2, 0.25) is 0 Å². The standard InChI is InChI=1S/C16H26N4/c1-16(2,3)10-20(4)15-12(14(17)18)9-11-7-5-6-8-13(11)19-15/h9H,5-8,10H2,1-4H3,(H3,17,18). The number of nitrogens with one attached hydrogen (secondary N) is 1. The van der Waals surface area contributed by atoms with Gasteiger partial charge >= 0.3 is 0 Å². The highest BCUT2D eigenvalue weighted by atomic mass is 15.2. The molecule has 0 fully saturated rings. The van der Waals surface area contributed by atoms with Gasteiger partial charge in [-0.3, -0.25) is 5.41 Å². The van der Waals surface area contributed by atoms with Gasteiger partial charge in [0.05, 0.1) is 5.56 Å². The molecule has 1 aliphatic carbocycles. The first-order valence-electron chi connectivity index (χ1n) is 7.36. The molecular formula is C16H26N4. The van der Waals surface area contributed by atoms with Crippen molar-refractivity contribution in [1.82, 2.24) is 4.98 Å². The Morgan fingerprint density at radius 2 is 2.00 bits per heavy atom. The number of pyridine rings is 1. The van der Waals surface area contributed by atoms with Gasteiger partial charge < -0.3 is 10.6 Å². The predicted molar refractivity (Wildman–Crippen MR) is 84.6 cm³/mol. The summed E-state index contributed by atoms with van der Waals surface area (Å²) in [4.78, 5) is 6.95. The SMILES string of the molecule is CN(CC(C)(C)C)c1nc2c(cc1C(=N)N)CCCC2. The van der Waals surface area contributed by atoms with Crippen molar-refractivity contribution in [1.29, 1.82) is 5.41 Å². The molecule has 0 amide bonds. The van der Waals surface area contributed by atoms with Crippen molar-refractivity contribution in [3.8, 4) is 0 Å². The van der Waals surface area contributed by atoms with Crippen LogP contribution in [0.2, 0.25) is 0 Å². The lowest BCUT2D eigenvalue weighted by Crippen LogP contribution is -2.32. The number of nitrogen functional groups attached to an aromatic ring is 1. The molecule has 3 N–H and O–H groups in total. The topological polar surface area (TPSA) is 66.0 Å². The van der Waals surface area contributed by atoms with Crippen LogP contribution in [0.15, 0.2) is 6.07 Å². The Kier molecular flexibility index (Phi) is 4.02. The lowest BCUT2D eigenvalue weighted by atomic mass is 9.93. The number of rotatable bonds is 3. The lowest BCUT2D eigenvalue weighted by molar-refractivity contribution is 0.417. The van der Waals surface area contributed by atoms with E-state index >= 15 is 0 Å². The molecule has 1 aromatic rings. The number of anilines is 1. The fourth-order valence-electron chi connectivity index (χ4n) is 2.90. The normalized spacial score (nSPS) is 14.8. The highest BCUT2D eigenvalue weighted by molar-refractivity contribution is 5.99. The first-order chi connectivity index (χ1) is 9.28. The molecule has 2 rings (SSSR count). The maximum atomic E-state index is 7.83. The van der Waals surface area contributed by atoms with E-state index in [9.17, 15) is 0 Å². The highest BCUT2D eigenvalue weighted by Gasteiger charge is 2.21. The summed E-state index contributed by atoms with van der Waals surface area (Å²) in [6.07, 6.45) is 4.53. The van der Waals surface area contributed by atoms with Gasteiger partial charge in [-0.2, -0.15) is 0 Å². The van der Waals surface area contributed by atoms with Crippen LogP contribution in [0.25, 0.3) is 0 Å². The molecule has 0 unspecified atom stereocenters. The summed E-state index contributed by atoms with van der Waals surface area (Å²) >= 11 is 0. The Bertz CT molecular complexity index is 514. The lowest BCUT2D eigenvalue weighted by Gasteiger charge is -2.30. The molecule has 1 aliphatic rings. The van der Waals surface area contributed by atoms with Crippen LogP contribution in [0.5, 0.6) is 0 Å². The molecule has 0 saturated carbocycles. The molecule has 0 aromatic carbocycles. The summed E-state index contributed by atoms with van der Waals surface area (Å²) in [5.41, 5.74) is 9.19. The molecule has 110 valence electrons. The first-order valence-corrected chi connectivity index (χ1v) is 7.36. The first kappa shape index (κ1) is 14.8. The van der Waals surface area contributed by atoms with Gasteiger partial charge in [-0.05, 0) is 42.7 Å². The monoisotopic (exact) mass is 274 g/mol. The van der Waals surface area contributed by atoms with Crippen LogP contribution < -0.4 is 10.6 Å². The van der Waals surface area contributed by atoms with Gasteiger partial charge in [0.15, 0.2) is 0 Å². The summed E-state index contributed by atoms with van der Waals surface area (Å²) in [5.74, 6) is 0.967. The van der Waals surface area contributed by atoms with Crippen molar-refractivity contribution in [2.24, 2.45) is 11.1 Å². The number of aromatic nitrogens is 1. The van der Waals surface area contributed by atoms with E-state index in [1.807, 2.05) is 7.05 Å². The predicted octanol–water partition coefficient (Wildman–Crippen LogP) is 2.73. The van der Waals surface area contributed by atoms with Crippen molar-refractivity contribution >= 4 is 11.7 Å². The third kappa shape index (κ3) is 3.30. The van der Waals surface area contributed by atoms with Gasteiger partial charge in [0, 0.05) is 19.3 Å². The van der Waals surface area contributed by atoms with Crippen LogP contribution in [0.1, 0.15) is 50.4 Å². The molecule has 4 nitrogen and oxygen atoms in total. The van der Waals surface area contributed by atoms with Crippen molar-refractivity contribution in [3.05, 3.63) is 22.9 Å². The van der Waals surface area contributed by atoms with Crippen LogP contribution in [0, 0.1) is 10.8 Å². The number of nitrogens with two attached hydrogens (primary N) is 1. The zero-order valence-electron chi connectivity index (χ0n) is 13.1. The van der Waals surface area contributed by atoms with Crippen LogP contribution >= 0.6 is 0 Å². The summed E-state index contributed by atoms with van der Waals surface area (Å²) < 4.78 is 0. The van der Waals surface area contributed by atoms with Crippen LogP contribution in [0.3, 0.4) is 0 Å². The quantitative estimate of drug-likeness (QED) is 0.658. The van der Waals surface area contributed by atoms with Gasteiger partial charge in [-0.15, -0.1) is 0 Å². The zero-order chi connectivity index (χ0) is 14.9. The molecule has 0 aliphatic heterocycles. The Balaban J connectivity index is 2.42. The van der Waals surface area contributed by atoms with Gasteiger partial charge in [0.25, 0.3) is 0 Å². The Morgan fingerprint density at radius 1 is 1.35 bits per heavy atom. The van der Waals surface area contributed by atoms with Crippen molar-refractivity contribution in [3.63, 3.8) is 0 Å². The minimum atomic E-state index is 0.113. The van der Waals surface area contributed by atoms with E-state index in [0.717, 1.165) is 30.8 Å². The van der Waals surface area contributed by atoms with E-state index in [1.165, 1.54) is 24.1 Å². The molecule has 0 spiro atoms. The average molecular weight is 274 g/mol. The minimum Gasteiger partial charge on any atom is -0.384 e. The molecule has 1 aromatic heterocycles. The van der Waals surface area contributed by atoms with E-state index < -0.39 is 0 Å². The largest absolute Gasteiger partial charge is 0.384 e. The third-order valence-electron chi connectivity index (χ3n) is 3.64. The highest BCUT2D eigenvalue weighted by Crippen LogP contribution is 2.27. The van der Waals surface area contributed by atoms with Crippen molar-refractivity contribution < 1.29 is 0 Å². The van der Waals surface area contributed by atoms with E-state index in [2.05, 4.69) is 31.7 Å². The molecule has 0 radical (unpaired) electrons. The summed E-state index contributed by atoms with van der Waals surface area (Å²) in [6.45, 7) is 7.50. The maximum Gasteiger partial charge on any atom is 0.139 e. The van der Waals surface area contributed by atoms with Crippen molar-refractivity contribution in [2.75, 3.05) is 18.5 Å². The fourth-order valence-corrected chi connectivity index (χ4v) is 2.90. The third-order valence-corrected chi connectivity index (χ3v) is 3.64. The second-order valence-corrected chi connectivity index (χ2v) is 7.00. The van der Waals surface area contributed by atoms with E-state index in [1.54, 1.807) is 0 Å². The Labute approximate surface area is 121 Å². The molecule has 1 heterocycles. The summed E-state index contributed by atoms with van der Waals surface area (Å²) in [6, 6.07) is 2.08. The van der Waals surface area contributed by atoms with Gasteiger partial charge in [-0.25, -0.2) is 4.98 Å². The fraction of sp³-hybridized carbons (Fsp3) is 0.625. The molecule has 0 bridgehead atoms. The summed E-state index contributed by atoms with van der Waals surface area (Å²) in [7, 11) is 2.04. The van der Waals surface area contributed by atoms with E-state index in [4.69, 9.17) is 16.1 Å². The summed E-state index contributed by atoms with van der Waals surface area (Å²) in [5, 5.41) is 7.83. The number of fused-ring (bicyclic) bond motifs is 1. The van der Waals surface area contributed by atoms with Crippen LogP contribution in [0.4, 0.5) is 5.82 Å². The molecule has 0 saturated heterocycles. The van der Waals surface area contributed by atoms with E-state index in [-0.39, 0.29) is 11.3 Å². The van der Waals surface area contributed by atoms with Gasteiger partial charge in [-0.1, -0.05) is 20.8 Å². The van der Waals surface area contributed by atoms with Crippen LogP contribution in [-0.2, 0) is 12.8 Å². The van der Waals surface area contributed by atoms with E-state index in [0.29, 0.717) is 0 Å². The van der Waals surface area contributed by atoms with Crippen molar-refractivity contribution in [2.45, 2.75) is 46.5 Å². The number of amidine groups is 1. The number of aryl methyl sites for hydroxylation is 2. The number of hydrogen-bond acceptors (Lipinski definition) is 3. The number of nitrogens with zero attached hydrogens (tertiary/aromatic N) is 2. The molecule has 0 atom stereocenters. The molecular weight excluding hydrogens is 248 g/mol. The zero-order valence-corrected chi connectivity index (χ0v) is 13.1. The van der Waals surface area contributed by atoms with Crippen LogP contribution in [-0.4, -0.2) is 24.4 Å². The Morgan fingerprint density at radius 3 is 2.60 bits per heavy atom. The second kappa shape index (κ2) is 5.43. The second-order valence-electron chi connectivity index (χ2n) is 7.00. The van der Waals surface area contributed by atoms with Gasteiger partial charge in [0.1, 0.15) is 11.7 Å². The average Bonchev–Trinajstić information content (AvgIpc) is 2.35. The smallest absolute Gasteiger partial charge is 0.139 e.